The largest absolute Gasteiger partial charge is 0.481 e. The van der Waals surface area contributed by atoms with Crippen LogP contribution in [0.5, 0.6) is 0 Å². The Bertz CT molecular complexity index is 661. The topological polar surface area (TPSA) is 53.4 Å². The van der Waals surface area contributed by atoms with Gasteiger partial charge in [0.2, 0.25) is 0 Å². The van der Waals surface area contributed by atoms with E-state index in [0.717, 1.165) is 23.4 Å². The highest BCUT2D eigenvalue weighted by atomic mass is 16.4. The van der Waals surface area contributed by atoms with Gasteiger partial charge in [-0.15, -0.1) is 0 Å². The van der Waals surface area contributed by atoms with Crippen molar-refractivity contribution in [3.05, 3.63) is 53.7 Å². The molecular weight excluding hydrogens is 288 g/mol. The molecule has 0 aliphatic carbocycles. The number of carboxylic acid groups (broad SMARTS) is 1. The van der Waals surface area contributed by atoms with Gasteiger partial charge >= 0.3 is 5.97 Å². The van der Waals surface area contributed by atoms with Gasteiger partial charge in [-0.25, -0.2) is 0 Å². The summed E-state index contributed by atoms with van der Waals surface area (Å²) < 4.78 is 0. The number of hydrogen-bond donors (Lipinski definition) is 1. The molecule has 1 aliphatic heterocycles. The summed E-state index contributed by atoms with van der Waals surface area (Å²) >= 11 is 0. The molecule has 23 heavy (non-hydrogen) atoms. The number of aromatic nitrogens is 1. The van der Waals surface area contributed by atoms with Crippen LogP contribution < -0.4 is 0 Å². The second-order valence-corrected chi connectivity index (χ2v) is 6.16. The van der Waals surface area contributed by atoms with Gasteiger partial charge < -0.3 is 5.11 Å². The van der Waals surface area contributed by atoms with E-state index in [-0.39, 0.29) is 6.42 Å². The van der Waals surface area contributed by atoms with Gasteiger partial charge in [0.1, 0.15) is 0 Å². The third-order valence-corrected chi connectivity index (χ3v) is 4.26. The molecule has 0 spiro atoms. The van der Waals surface area contributed by atoms with Gasteiger partial charge in [-0.3, -0.25) is 14.7 Å². The zero-order valence-corrected chi connectivity index (χ0v) is 13.2. The van der Waals surface area contributed by atoms with Crippen LogP contribution in [0.2, 0.25) is 0 Å². The van der Waals surface area contributed by atoms with E-state index in [9.17, 15) is 4.79 Å². The van der Waals surface area contributed by atoms with E-state index in [1.807, 2.05) is 36.5 Å². The SMILES string of the molecule is O=C(O)Cc1cccc(-c2ccc(CN3CCCCC3)cn2)c1. The molecule has 1 aromatic carbocycles. The van der Waals surface area contributed by atoms with E-state index < -0.39 is 5.97 Å². The maximum atomic E-state index is 10.8. The summed E-state index contributed by atoms with van der Waals surface area (Å²) in [6.45, 7) is 3.32. The zero-order valence-electron chi connectivity index (χ0n) is 13.2. The number of aliphatic carboxylic acids is 1. The van der Waals surface area contributed by atoms with Gasteiger partial charge in [0.05, 0.1) is 12.1 Å². The Morgan fingerprint density at radius 1 is 1.09 bits per heavy atom. The molecule has 1 fully saturated rings. The first-order valence-electron chi connectivity index (χ1n) is 8.19. The molecule has 1 saturated heterocycles. The van der Waals surface area contributed by atoms with E-state index in [0.29, 0.717) is 0 Å². The van der Waals surface area contributed by atoms with Crippen LogP contribution in [0.3, 0.4) is 0 Å². The molecule has 1 aromatic heterocycles. The van der Waals surface area contributed by atoms with Crippen molar-refractivity contribution in [3.63, 3.8) is 0 Å². The first-order valence-corrected chi connectivity index (χ1v) is 8.19. The highest BCUT2D eigenvalue weighted by Gasteiger charge is 2.11. The summed E-state index contributed by atoms with van der Waals surface area (Å²) in [5, 5.41) is 8.90. The van der Waals surface area contributed by atoms with Crippen molar-refractivity contribution in [1.29, 1.82) is 0 Å². The monoisotopic (exact) mass is 310 g/mol. The first kappa shape index (κ1) is 15.7. The molecule has 0 radical (unpaired) electrons. The van der Waals surface area contributed by atoms with Crippen molar-refractivity contribution in [2.45, 2.75) is 32.2 Å². The third kappa shape index (κ3) is 4.39. The van der Waals surface area contributed by atoms with E-state index >= 15 is 0 Å². The van der Waals surface area contributed by atoms with E-state index in [1.165, 1.54) is 37.9 Å². The molecule has 3 rings (SSSR count). The Balaban J connectivity index is 1.70. The second kappa shape index (κ2) is 7.38. The Morgan fingerprint density at radius 3 is 2.61 bits per heavy atom. The van der Waals surface area contributed by atoms with Gasteiger partial charge in [-0.1, -0.05) is 30.7 Å². The average molecular weight is 310 g/mol. The van der Waals surface area contributed by atoms with Crippen LogP contribution in [0.4, 0.5) is 0 Å². The van der Waals surface area contributed by atoms with Crippen molar-refractivity contribution in [3.8, 4) is 11.3 Å². The number of nitrogens with zero attached hydrogens (tertiary/aromatic N) is 2. The van der Waals surface area contributed by atoms with Gasteiger partial charge in [-0.2, -0.15) is 0 Å². The van der Waals surface area contributed by atoms with Crippen molar-refractivity contribution in [1.82, 2.24) is 9.88 Å². The highest BCUT2D eigenvalue weighted by molar-refractivity contribution is 5.71. The van der Waals surface area contributed by atoms with Crippen LogP contribution in [0.25, 0.3) is 11.3 Å². The number of carbonyl (C=O) groups is 1. The van der Waals surface area contributed by atoms with E-state index in [4.69, 9.17) is 5.11 Å². The standard InChI is InChI=1S/C19H22N2O2/c22-19(23)12-15-5-4-6-17(11-15)18-8-7-16(13-20-18)14-21-9-2-1-3-10-21/h4-8,11,13H,1-3,9-10,12,14H2,(H,22,23). The molecule has 0 amide bonds. The number of carboxylic acids is 1. The molecule has 1 N–H and O–H groups in total. The summed E-state index contributed by atoms with van der Waals surface area (Å²) in [7, 11) is 0. The van der Waals surface area contributed by atoms with Crippen molar-refractivity contribution < 1.29 is 9.90 Å². The predicted molar refractivity (Wildman–Crippen MR) is 90.1 cm³/mol. The summed E-state index contributed by atoms with van der Waals surface area (Å²) in [5.74, 6) is -0.813. The molecular formula is C19H22N2O2. The summed E-state index contributed by atoms with van der Waals surface area (Å²) in [6, 6.07) is 11.7. The van der Waals surface area contributed by atoms with Crippen LogP contribution in [-0.4, -0.2) is 34.0 Å². The number of rotatable bonds is 5. The zero-order chi connectivity index (χ0) is 16.1. The van der Waals surface area contributed by atoms with Crippen LogP contribution in [0.15, 0.2) is 42.6 Å². The normalized spacial score (nSPS) is 15.5. The Morgan fingerprint density at radius 2 is 1.91 bits per heavy atom. The Labute approximate surface area is 136 Å². The van der Waals surface area contributed by atoms with Gasteiger partial charge in [0.25, 0.3) is 0 Å². The number of likely N-dealkylation sites (tertiary alicyclic amines) is 1. The molecule has 0 saturated carbocycles. The van der Waals surface area contributed by atoms with Gasteiger partial charge in [0.15, 0.2) is 0 Å². The van der Waals surface area contributed by atoms with Crippen molar-refractivity contribution >= 4 is 5.97 Å². The first-order chi connectivity index (χ1) is 11.2. The third-order valence-electron chi connectivity index (χ3n) is 4.26. The number of hydrogen-bond acceptors (Lipinski definition) is 3. The highest BCUT2D eigenvalue weighted by Crippen LogP contribution is 2.20. The van der Waals surface area contributed by atoms with Crippen molar-refractivity contribution in [2.24, 2.45) is 0 Å². The predicted octanol–water partition coefficient (Wildman–Crippen LogP) is 3.36. The minimum absolute atomic E-state index is 0.0425. The fourth-order valence-corrected chi connectivity index (χ4v) is 3.08. The second-order valence-electron chi connectivity index (χ2n) is 6.16. The minimum atomic E-state index is -0.813. The molecule has 0 bridgehead atoms. The van der Waals surface area contributed by atoms with E-state index in [2.05, 4.69) is 16.0 Å². The quantitative estimate of drug-likeness (QED) is 0.920. The lowest BCUT2D eigenvalue weighted by molar-refractivity contribution is -0.136. The molecule has 0 unspecified atom stereocenters. The number of benzene rings is 1. The lowest BCUT2D eigenvalue weighted by Crippen LogP contribution is -2.29. The maximum Gasteiger partial charge on any atom is 0.307 e. The number of piperidine rings is 1. The molecule has 2 aromatic rings. The van der Waals surface area contributed by atoms with Crippen LogP contribution in [-0.2, 0) is 17.8 Å². The van der Waals surface area contributed by atoms with Gasteiger partial charge in [0, 0.05) is 18.3 Å². The average Bonchev–Trinajstić information content (AvgIpc) is 2.56. The van der Waals surface area contributed by atoms with Crippen LogP contribution >= 0.6 is 0 Å². The smallest absolute Gasteiger partial charge is 0.307 e. The lowest BCUT2D eigenvalue weighted by atomic mass is 10.0. The van der Waals surface area contributed by atoms with Crippen molar-refractivity contribution in [2.75, 3.05) is 13.1 Å². The summed E-state index contributed by atoms with van der Waals surface area (Å²) in [6.07, 6.45) is 5.92. The molecule has 4 heteroatoms. The van der Waals surface area contributed by atoms with Crippen LogP contribution in [0.1, 0.15) is 30.4 Å². The minimum Gasteiger partial charge on any atom is -0.481 e. The summed E-state index contributed by atoms with van der Waals surface area (Å²) in [4.78, 5) is 17.9. The maximum absolute atomic E-state index is 10.8. The molecule has 120 valence electrons. The number of pyridine rings is 1. The fourth-order valence-electron chi connectivity index (χ4n) is 3.08. The molecule has 2 heterocycles. The summed E-state index contributed by atoms with van der Waals surface area (Å²) in [5.41, 5.74) is 3.89. The molecule has 4 nitrogen and oxygen atoms in total. The van der Waals surface area contributed by atoms with Crippen LogP contribution in [0, 0.1) is 0 Å². The lowest BCUT2D eigenvalue weighted by Gasteiger charge is -2.26. The molecule has 1 aliphatic rings. The van der Waals surface area contributed by atoms with E-state index in [1.54, 1.807) is 0 Å². The molecule has 0 atom stereocenters. The Hall–Kier alpha value is -2.20. The fraction of sp³-hybridized carbons (Fsp3) is 0.368. The Kier molecular flexibility index (Phi) is 5.03. The van der Waals surface area contributed by atoms with Gasteiger partial charge in [-0.05, 0) is 49.2 Å².